The molecular formula is C9H7IN2OS2. The highest BCUT2D eigenvalue weighted by Crippen LogP contribution is 2.31. The van der Waals surface area contributed by atoms with Gasteiger partial charge in [0.15, 0.2) is 5.16 Å². The summed E-state index contributed by atoms with van der Waals surface area (Å²) in [6.07, 6.45) is 0. The van der Waals surface area contributed by atoms with Gasteiger partial charge >= 0.3 is 0 Å². The van der Waals surface area contributed by atoms with Gasteiger partial charge in [0.05, 0.1) is 5.39 Å². The molecule has 78 valence electrons. The van der Waals surface area contributed by atoms with Crippen molar-refractivity contribution in [1.82, 2.24) is 9.55 Å². The largest absolute Gasteiger partial charge is 0.286 e. The number of alkyl halides is 1. The second kappa shape index (κ2) is 3.74. The minimum absolute atomic E-state index is 0.121. The first-order chi connectivity index (χ1) is 7.29. The molecule has 1 atom stereocenters. The Balaban J connectivity index is 2.26. The van der Waals surface area contributed by atoms with Crippen molar-refractivity contribution in [2.45, 2.75) is 17.0 Å². The van der Waals surface area contributed by atoms with Crippen molar-refractivity contribution in [1.29, 1.82) is 0 Å². The van der Waals surface area contributed by atoms with Gasteiger partial charge in [-0.25, -0.2) is 4.98 Å². The summed E-state index contributed by atoms with van der Waals surface area (Å²) in [6.45, 7) is 0.806. The lowest BCUT2D eigenvalue weighted by Gasteiger charge is -2.00. The first kappa shape index (κ1) is 10.1. The van der Waals surface area contributed by atoms with Gasteiger partial charge in [-0.2, -0.15) is 0 Å². The van der Waals surface area contributed by atoms with Crippen LogP contribution in [0.4, 0.5) is 0 Å². The number of aromatic nitrogens is 2. The zero-order valence-corrected chi connectivity index (χ0v) is 11.4. The summed E-state index contributed by atoms with van der Waals surface area (Å²) in [4.78, 5) is 17.4. The van der Waals surface area contributed by atoms with Crippen LogP contribution in [0.2, 0.25) is 0 Å². The quantitative estimate of drug-likeness (QED) is 0.450. The normalized spacial score (nSPS) is 19.7. The zero-order chi connectivity index (χ0) is 10.4. The predicted octanol–water partition coefficient (Wildman–Crippen LogP) is 2.37. The van der Waals surface area contributed by atoms with Gasteiger partial charge < -0.3 is 0 Å². The maximum absolute atomic E-state index is 12.1. The number of rotatable bonds is 1. The van der Waals surface area contributed by atoms with Crippen molar-refractivity contribution in [3.8, 4) is 0 Å². The Morgan fingerprint density at radius 3 is 3.33 bits per heavy atom. The number of thioether (sulfide) groups is 1. The molecule has 0 aromatic carbocycles. The second-order valence-corrected chi connectivity index (χ2v) is 6.39. The second-order valence-electron chi connectivity index (χ2n) is 3.34. The van der Waals surface area contributed by atoms with Crippen LogP contribution in [0.15, 0.2) is 21.4 Å². The van der Waals surface area contributed by atoms with Crippen LogP contribution in [0.1, 0.15) is 0 Å². The van der Waals surface area contributed by atoms with Crippen molar-refractivity contribution in [2.24, 2.45) is 0 Å². The molecule has 6 heteroatoms. The molecule has 0 N–H and O–H groups in total. The lowest BCUT2D eigenvalue weighted by Crippen LogP contribution is -2.21. The van der Waals surface area contributed by atoms with E-state index >= 15 is 0 Å². The Kier molecular flexibility index (Phi) is 2.52. The molecule has 0 radical (unpaired) electrons. The van der Waals surface area contributed by atoms with E-state index in [0.717, 1.165) is 26.3 Å². The lowest BCUT2D eigenvalue weighted by molar-refractivity contribution is 0.634. The third-order valence-electron chi connectivity index (χ3n) is 2.38. The van der Waals surface area contributed by atoms with E-state index in [9.17, 15) is 4.79 Å². The van der Waals surface area contributed by atoms with Crippen molar-refractivity contribution in [3.63, 3.8) is 0 Å². The van der Waals surface area contributed by atoms with Crippen LogP contribution < -0.4 is 5.56 Å². The molecule has 0 aliphatic carbocycles. The number of nitrogens with zero attached hydrogens (tertiary/aromatic N) is 2. The Hall–Kier alpha value is -0.0800. The van der Waals surface area contributed by atoms with E-state index in [-0.39, 0.29) is 5.56 Å². The van der Waals surface area contributed by atoms with Crippen LogP contribution in [0.3, 0.4) is 0 Å². The summed E-state index contributed by atoms with van der Waals surface area (Å²) >= 11 is 5.61. The summed E-state index contributed by atoms with van der Waals surface area (Å²) in [5, 5.41) is 4.08. The molecule has 0 fully saturated rings. The maximum Gasteiger partial charge on any atom is 0.262 e. The molecule has 1 aliphatic rings. The van der Waals surface area contributed by atoms with E-state index in [0.29, 0.717) is 5.25 Å². The van der Waals surface area contributed by atoms with Crippen LogP contribution >= 0.6 is 45.7 Å². The summed E-state index contributed by atoms with van der Waals surface area (Å²) in [5.41, 5.74) is 0.121. The molecule has 3 nitrogen and oxygen atoms in total. The molecule has 3 heterocycles. The summed E-state index contributed by atoms with van der Waals surface area (Å²) in [5.74, 6) is 0. The molecule has 2 aromatic rings. The zero-order valence-electron chi connectivity index (χ0n) is 7.64. The van der Waals surface area contributed by atoms with Gasteiger partial charge in [-0.3, -0.25) is 9.36 Å². The summed E-state index contributed by atoms with van der Waals surface area (Å²) < 4.78 is 2.86. The van der Waals surface area contributed by atoms with Gasteiger partial charge in [-0.15, -0.1) is 11.3 Å². The molecule has 0 bridgehead atoms. The first-order valence-electron chi connectivity index (χ1n) is 4.50. The molecule has 0 saturated heterocycles. The number of thiophene rings is 1. The minimum Gasteiger partial charge on any atom is -0.286 e. The average molecular weight is 350 g/mol. The van der Waals surface area contributed by atoms with Gasteiger partial charge in [0.25, 0.3) is 5.56 Å². The average Bonchev–Trinajstić information content (AvgIpc) is 2.83. The van der Waals surface area contributed by atoms with Crippen molar-refractivity contribution in [2.75, 3.05) is 4.43 Å². The van der Waals surface area contributed by atoms with Crippen molar-refractivity contribution >= 4 is 55.9 Å². The van der Waals surface area contributed by atoms with Gasteiger partial charge in [-0.1, -0.05) is 34.4 Å². The highest BCUT2D eigenvalue weighted by atomic mass is 127. The topological polar surface area (TPSA) is 34.9 Å². The van der Waals surface area contributed by atoms with Crippen molar-refractivity contribution < 1.29 is 0 Å². The number of hydrogen-bond acceptors (Lipinski definition) is 4. The van der Waals surface area contributed by atoms with E-state index < -0.39 is 0 Å². The summed E-state index contributed by atoms with van der Waals surface area (Å²) in [7, 11) is 0. The molecule has 1 unspecified atom stereocenters. The number of hydrogen-bond donors (Lipinski definition) is 0. The maximum atomic E-state index is 12.1. The van der Waals surface area contributed by atoms with Crippen molar-refractivity contribution in [3.05, 3.63) is 21.8 Å². The first-order valence-corrected chi connectivity index (χ1v) is 7.79. The molecule has 3 rings (SSSR count). The monoisotopic (exact) mass is 350 g/mol. The van der Waals surface area contributed by atoms with Crippen LogP contribution in [-0.4, -0.2) is 19.2 Å². The van der Waals surface area contributed by atoms with E-state index in [1.54, 1.807) is 11.8 Å². The third-order valence-corrected chi connectivity index (χ3v) is 6.02. The minimum atomic E-state index is 0.121. The molecule has 0 saturated carbocycles. The molecular weight excluding hydrogens is 343 g/mol. The van der Waals surface area contributed by atoms with E-state index in [1.165, 1.54) is 11.3 Å². The molecule has 0 amide bonds. The third kappa shape index (κ3) is 1.53. The fourth-order valence-corrected chi connectivity index (χ4v) is 4.29. The van der Waals surface area contributed by atoms with E-state index in [4.69, 9.17) is 0 Å². The Morgan fingerprint density at radius 2 is 2.53 bits per heavy atom. The predicted molar refractivity (Wildman–Crippen MR) is 72.4 cm³/mol. The molecule has 0 spiro atoms. The Bertz CT molecular complexity index is 577. The van der Waals surface area contributed by atoms with E-state index in [1.807, 2.05) is 16.0 Å². The lowest BCUT2D eigenvalue weighted by atomic mass is 10.4. The van der Waals surface area contributed by atoms with Crippen LogP contribution in [0.25, 0.3) is 10.2 Å². The van der Waals surface area contributed by atoms with Gasteiger partial charge in [0.2, 0.25) is 0 Å². The van der Waals surface area contributed by atoms with Gasteiger partial charge in [-0.05, 0) is 11.4 Å². The van der Waals surface area contributed by atoms with Crippen LogP contribution in [0, 0.1) is 0 Å². The van der Waals surface area contributed by atoms with Gasteiger partial charge in [0, 0.05) is 16.2 Å². The van der Waals surface area contributed by atoms with Crippen LogP contribution in [0.5, 0.6) is 0 Å². The molecule has 2 aromatic heterocycles. The molecule has 1 aliphatic heterocycles. The van der Waals surface area contributed by atoms with Crippen LogP contribution in [-0.2, 0) is 6.54 Å². The summed E-state index contributed by atoms with van der Waals surface area (Å²) in [6, 6.07) is 1.87. The fourth-order valence-electron chi connectivity index (χ4n) is 1.65. The Morgan fingerprint density at radius 1 is 1.67 bits per heavy atom. The molecule has 15 heavy (non-hydrogen) atoms. The van der Waals surface area contributed by atoms with E-state index in [2.05, 4.69) is 27.6 Å². The Labute approximate surface area is 108 Å². The SMILES string of the molecule is O=c1c2ccsc2nc2n1CC(CI)S2. The highest BCUT2D eigenvalue weighted by Gasteiger charge is 2.24. The standard InChI is InChI=1S/C9H7IN2OS2/c10-3-5-4-12-8(13)6-1-2-14-7(6)11-9(12)15-5/h1-2,5H,3-4H2. The van der Waals surface area contributed by atoms with Gasteiger partial charge in [0.1, 0.15) is 4.83 Å². The number of fused-ring (bicyclic) bond motifs is 2. The number of halogens is 1. The highest BCUT2D eigenvalue weighted by molar-refractivity contribution is 14.1. The fraction of sp³-hybridized carbons (Fsp3) is 0.333. The smallest absolute Gasteiger partial charge is 0.262 e.